The quantitative estimate of drug-likeness (QED) is 0.739. The van der Waals surface area contributed by atoms with Crippen LogP contribution in [0.2, 0.25) is 0 Å². The largest absolute Gasteiger partial charge is 0.342 e. The lowest BCUT2D eigenvalue weighted by Gasteiger charge is -2.38. The van der Waals surface area contributed by atoms with Crippen molar-refractivity contribution < 1.29 is 14.3 Å². The van der Waals surface area contributed by atoms with Gasteiger partial charge in [-0.2, -0.15) is 0 Å². The number of amides is 1. The van der Waals surface area contributed by atoms with Crippen molar-refractivity contribution in [3.63, 3.8) is 0 Å². The van der Waals surface area contributed by atoms with E-state index in [1.165, 1.54) is 38.5 Å². The van der Waals surface area contributed by atoms with Crippen LogP contribution >= 0.6 is 0 Å². The van der Waals surface area contributed by atoms with Crippen molar-refractivity contribution in [1.82, 2.24) is 10.6 Å². The molecule has 1 saturated carbocycles. The molecule has 3 fully saturated rings. The predicted molar refractivity (Wildman–Crippen MR) is 117 cm³/mol. The smallest absolute Gasteiger partial charge is 0.261 e. The van der Waals surface area contributed by atoms with Gasteiger partial charge >= 0.3 is 0 Å². The van der Waals surface area contributed by atoms with Crippen LogP contribution in [-0.4, -0.2) is 36.1 Å². The van der Waals surface area contributed by atoms with Gasteiger partial charge in [-0.1, -0.05) is 81.7 Å². The lowest BCUT2D eigenvalue weighted by Crippen LogP contribution is -2.58. The van der Waals surface area contributed by atoms with E-state index in [0.29, 0.717) is 19.4 Å². The van der Waals surface area contributed by atoms with Crippen LogP contribution in [0.3, 0.4) is 0 Å². The Morgan fingerprint density at radius 2 is 1.53 bits per heavy atom. The minimum absolute atomic E-state index is 0.0229. The first-order valence-corrected chi connectivity index (χ1v) is 11.9. The summed E-state index contributed by atoms with van der Waals surface area (Å²) in [4.78, 5) is 27.4. The Hall–Kier alpha value is -1.72. The lowest BCUT2D eigenvalue weighted by molar-refractivity contribution is -0.160. The summed E-state index contributed by atoms with van der Waals surface area (Å²) in [5, 5.41) is 6.37. The van der Waals surface area contributed by atoms with Gasteiger partial charge in [0.15, 0.2) is 5.78 Å². The monoisotopic (exact) mass is 412 g/mol. The normalized spacial score (nSPS) is 32.0. The van der Waals surface area contributed by atoms with E-state index in [4.69, 9.17) is 4.74 Å². The lowest BCUT2D eigenvalue weighted by atomic mass is 9.70. The van der Waals surface area contributed by atoms with Crippen LogP contribution in [-0.2, 0) is 20.7 Å². The second-order valence-electron chi connectivity index (χ2n) is 9.39. The topological polar surface area (TPSA) is 67.4 Å². The number of carbonyl (C=O) groups is 2. The van der Waals surface area contributed by atoms with E-state index in [-0.39, 0.29) is 24.3 Å². The van der Waals surface area contributed by atoms with Gasteiger partial charge in [0.2, 0.25) is 5.60 Å². The molecule has 30 heavy (non-hydrogen) atoms. The number of hydrogen-bond acceptors (Lipinski definition) is 4. The third kappa shape index (κ3) is 4.19. The van der Waals surface area contributed by atoms with E-state index in [9.17, 15) is 9.59 Å². The van der Waals surface area contributed by atoms with Crippen LogP contribution in [0.15, 0.2) is 30.3 Å². The van der Waals surface area contributed by atoms with Crippen LogP contribution in [0.25, 0.3) is 0 Å². The fraction of sp³-hybridized carbons (Fsp3) is 0.680. The van der Waals surface area contributed by atoms with E-state index in [0.717, 1.165) is 31.2 Å². The molecule has 5 heteroatoms. The first-order chi connectivity index (χ1) is 14.7. The molecule has 164 valence electrons. The van der Waals surface area contributed by atoms with Gasteiger partial charge in [0.25, 0.3) is 5.91 Å². The number of carbonyl (C=O) groups excluding carboxylic acids is 2. The minimum Gasteiger partial charge on any atom is -0.342 e. The summed E-state index contributed by atoms with van der Waals surface area (Å²) < 4.78 is 5.88. The van der Waals surface area contributed by atoms with E-state index >= 15 is 0 Å². The Bertz CT molecular complexity index is 717. The highest BCUT2D eigenvalue weighted by Gasteiger charge is 2.65. The van der Waals surface area contributed by atoms with Crippen molar-refractivity contribution in [2.45, 2.75) is 88.2 Å². The van der Waals surface area contributed by atoms with Gasteiger partial charge in [-0.15, -0.1) is 0 Å². The summed E-state index contributed by atoms with van der Waals surface area (Å²) >= 11 is 0. The van der Waals surface area contributed by atoms with Crippen molar-refractivity contribution in [3.8, 4) is 0 Å². The van der Waals surface area contributed by atoms with Crippen LogP contribution in [0.4, 0.5) is 0 Å². The Balaban J connectivity index is 1.68. The fourth-order valence-corrected chi connectivity index (χ4v) is 5.72. The summed E-state index contributed by atoms with van der Waals surface area (Å²) in [6.07, 6.45) is 12.8. The maximum Gasteiger partial charge on any atom is 0.261 e. The molecule has 1 aliphatic carbocycles. The predicted octanol–water partition coefficient (Wildman–Crippen LogP) is 3.90. The Labute approximate surface area is 180 Å². The van der Waals surface area contributed by atoms with E-state index in [1.807, 2.05) is 18.2 Å². The zero-order valence-corrected chi connectivity index (χ0v) is 18.1. The molecular weight excluding hydrogens is 376 g/mol. The molecule has 2 heterocycles. The van der Waals surface area contributed by atoms with Crippen molar-refractivity contribution in [2.24, 2.45) is 5.92 Å². The van der Waals surface area contributed by atoms with Crippen LogP contribution < -0.4 is 10.6 Å². The molecule has 2 saturated heterocycles. The van der Waals surface area contributed by atoms with E-state index in [1.54, 1.807) is 0 Å². The first-order valence-electron chi connectivity index (χ1n) is 11.9. The second kappa shape index (κ2) is 9.61. The maximum atomic E-state index is 14.1. The summed E-state index contributed by atoms with van der Waals surface area (Å²) in [6.45, 7) is 0.885. The number of ether oxygens (including phenoxy) is 1. The fourth-order valence-electron chi connectivity index (χ4n) is 5.72. The minimum atomic E-state index is -1.31. The second-order valence-corrected chi connectivity index (χ2v) is 9.39. The van der Waals surface area contributed by atoms with Gasteiger partial charge in [0.05, 0.1) is 6.73 Å². The molecule has 1 aromatic rings. The molecule has 0 aromatic heterocycles. The summed E-state index contributed by atoms with van der Waals surface area (Å²) in [6, 6.07) is 10.2. The van der Waals surface area contributed by atoms with E-state index < -0.39 is 11.1 Å². The molecule has 0 bridgehead atoms. The summed E-state index contributed by atoms with van der Waals surface area (Å²) in [7, 11) is 0. The molecule has 2 aliphatic heterocycles. The third-order valence-electron chi connectivity index (χ3n) is 7.43. The molecule has 2 atom stereocenters. The number of Topliss-reactive ketones (excluding diaryl/α,β-unsaturated/α-hetero) is 1. The van der Waals surface area contributed by atoms with Crippen LogP contribution in [0.1, 0.15) is 76.2 Å². The highest BCUT2D eigenvalue weighted by molar-refractivity contribution is 6.20. The molecule has 5 nitrogen and oxygen atoms in total. The van der Waals surface area contributed by atoms with Crippen LogP contribution in [0.5, 0.6) is 0 Å². The van der Waals surface area contributed by atoms with Crippen molar-refractivity contribution in [2.75, 3.05) is 13.3 Å². The molecule has 4 rings (SSSR count). The van der Waals surface area contributed by atoms with Gasteiger partial charge in [0, 0.05) is 19.4 Å². The van der Waals surface area contributed by atoms with Gasteiger partial charge in [-0.25, -0.2) is 0 Å². The highest BCUT2D eigenvalue weighted by atomic mass is 16.5. The van der Waals surface area contributed by atoms with Gasteiger partial charge in [0.1, 0.15) is 5.54 Å². The highest BCUT2D eigenvalue weighted by Crippen LogP contribution is 2.42. The zero-order chi connectivity index (χ0) is 20.9. The summed E-state index contributed by atoms with van der Waals surface area (Å²) in [5.74, 6) is -0.0883. The molecule has 1 aromatic carbocycles. The number of nitrogens with one attached hydrogen (secondary N) is 2. The molecule has 1 amide bonds. The Kier molecular flexibility index (Phi) is 6.89. The van der Waals surface area contributed by atoms with Gasteiger partial charge < -0.3 is 10.1 Å². The van der Waals surface area contributed by atoms with Crippen molar-refractivity contribution >= 4 is 11.7 Å². The standard InChI is InChI=1S/C25H36N2O3/c28-22-24(18-20-12-8-7-9-13-20,27-23(29)25(22)16-17-26-19-30-25)21-14-10-5-3-1-2-4-6-11-15-21/h7-9,12-13,21,26H,1-6,10-11,14-19H2,(H,27,29). The third-order valence-corrected chi connectivity index (χ3v) is 7.43. The number of hydrogen-bond donors (Lipinski definition) is 2. The van der Waals surface area contributed by atoms with Crippen molar-refractivity contribution in [3.05, 3.63) is 35.9 Å². The Morgan fingerprint density at radius 1 is 0.900 bits per heavy atom. The summed E-state index contributed by atoms with van der Waals surface area (Å²) in [5.41, 5.74) is -1.07. The van der Waals surface area contributed by atoms with E-state index in [2.05, 4.69) is 22.8 Å². The van der Waals surface area contributed by atoms with Crippen LogP contribution in [0, 0.1) is 5.92 Å². The maximum absolute atomic E-state index is 14.1. The molecular formula is C25H36N2O3. The molecule has 0 radical (unpaired) electrons. The zero-order valence-electron chi connectivity index (χ0n) is 18.1. The van der Waals surface area contributed by atoms with Gasteiger partial charge in [-0.3, -0.25) is 14.9 Å². The molecule has 3 aliphatic rings. The molecule has 2 unspecified atom stereocenters. The van der Waals surface area contributed by atoms with Crippen molar-refractivity contribution in [1.29, 1.82) is 0 Å². The number of rotatable bonds is 3. The number of ketones is 1. The number of benzene rings is 1. The SMILES string of the molecule is O=C1NC(Cc2ccccc2)(C2CCCCCCCCCC2)C(=O)C12CCNCO2. The first kappa shape index (κ1) is 21.5. The Morgan fingerprint density at radius 3 is 2.13 bits per heavy atom. The average molecular weight is 413 g/mol. The van der Waals surface area contributed by atoms with Gasteiger partial charge in [-0.05, 0) is 24.3 Å². The average Bonchev–Trinajstić information content (AvgIpc) is 2.95. The molecule has 1 spiro atoms. The molecule has 2 N–H and O–H groups in total.